The third-order valence-corrected chi connectivity index (χ3v) is 5.67. The second-order valence-electron chi connectivity index (χ2n) is 8.22. The van der Waals surface area contributed by atoms with Crippen LogP contribution in [0.4, 0.5) is 0 Å². The topological polar surface area (TPSA) is 69.0 Å². The van der Waals surface area contributed by atoms with E-state index in [2.05, 4.69) is 33.1 Å². The fourth-order valence-electron chi connectivity index (χ4n) is 3.75. The summed E-state index contributed by atoms with van der Waals surface area (Å²) in [6, 6.07) is 22.0. The standard InChI is InChI=1S/C26H26N4O2/c31-25(28-17-20-14-15-27-26(16-20)32-18-19-10-11-19)13-12-24-29-22-8-4-5-9-23(22)30(24)21-6-2-1-3-7-21/h1-9,14-16,19H,10-13,17-18H2,(H,28,31). The summed E-state index contributed by atoms with van der Waals surface area (Å²) in [5.41, 5.74) is 4.01. The molecule has 0 unspecified atom stereocenters. The molecule has 162 valence electrons. The predicted octanol–water partition coefficient (Wildman–Crippen LogP) is 4.46. The first kappa shape index (κ1) is 20.2. The van der Waals surface area contributed by atoms with Crippen molar-refractivity contribution in [3.05, 3.63) is 84.3 Å². The average Bonchev–Trinajstić information content (AvgIpc) is 3.59. The summed E-state index contributed by atoms with van der Waals surface area (Å²) < 4.78 is 7.87. The van der Waals surface area contributed by atoms with Gasteiger partial charge in [0.05, 0.1) is 17.6 Å². The van der Waals surface area contributed by atoms with Gasteiger partial charge in [0, 0.05) is 37.3 Å². The number of fused-ring (bicyclic) bond motifs is 1. The van der Waals surface area contributed by atoms with Gasteiger partial charge in [-0.1, -0.05) is 30.3 Å². The molecular weight excluding hydrogens is 400 g/mol. The fourth-order valence-corrected chi connectivity index (χ4v) is 3.75. The molecule has 0 radical (unpaired) electrons. The maximum absolute atomic E-state index is 12.6. The van der Waals surface area contributed by atoms with Crippen molar-refractivity contribution >= 4 is 16.9 Å². The van der Waals surface area contributed by atoms with E-state index in [1.807, 2.05) is 48.5 Å². The van der Waals surface area contributed by atoms with Gasteiger partial charge < -0.3 is 10.1 Å². The number of nitrogens with zero attached hydrogens (tertiary/aromatic N) is 3. The van der Waals surface area contributed by atoms with Crippen LogP contribution in [0.15, 0.2) is 72.9 Å². The van der Waals surface area contributed by atoms with Crippen molar-refractivity contribution in [3.8, 4) is 11.6 Å². The summed E-state index contributed by atoms with van der Waals surface area (Å²) >= 11 is 0. The van der Waals surface area contributed by atoms with Crippen molar-refractivity contribution in [2.24, 2.45) is 5.92 Å². The largest absolute Gasteiger partial charge is 0.477 e. The highest BCUT2D eigenvalue weighted by atomic mass is 16.5. The molecule has 6 nitrogen and oxygen atoms in total. The number of carbonyl (C=O) groups excluding carboxylic acids is 1. The van der Waals surface area contributed by atoms with Gasteiger partial charge in [-0.25, -0.2) is 9.97 Å². The molecule has 0 aliphatic heterocycles. The first-order chi connectivity index (χ1) is 15.8. The molecule has 1 aliphatic rings. The van der Waals surface area contributed by atoms with Crippen LogP contribution in [0.3, 0.4) is 0 Å². The zero-order valence-corrected chi connectivity index (χ0v) is 17.9. The molecule has 5 rings (SSSR count). The van der Waals surface area contributed by atoms with Gasteiger partial charge in [-0.05, 0) is 54.7 Å². The Morgan fingerprint density at radius 3 is 2.72 bits per heavy atom. The molecule has 0 bridgehead atoms. The minimum absolute atomic E-state index is 0.00562. The van der Waals surface area contributed by atoms with Crippen molar-refractivity contribution in [2.45, 2.75) is 32.2 Å². The maximum atomic E-state index is 12.6. The molecule has 1 saturated carbocycles. The quantitative estimate of drug-likeness (QED) is 0.429. The molecule has 1 aliphatic carbocycles. The van der Waals surface area contributed by atoms with Gasteiger partial charge in [0.1, 0.15) is 5.82 Å². The molecule has 2 heterocycles. The monoisotopic (exact) mass is 426 g/mol. The van der Waals surface area contributed by atoms with Crippen LogP contribution in [0.1, 0.15) is 30.7 Å². The summed E-state index contributed by atoms with van der Waals surface area (Å²) in [5, 5.41) is 3.01. The normalized spacial score (nSPS) is 13.2. The molecule has 2 aromatic carbocycles. The van der Waals surface area contributed by atoms with Crippen molar-refractivity contribution in [3.63, 3.8) is 0 Å². The van der Waals surface area contributed by atoms with Gasteiger partial charge in [0.25, 0.3) is 0 Å². The van der Waals surface area contributed by atoms with E-state index in [4.69, 9.17) is 9.72 Å². The Bertz CT molecular complexity index is 1210. The second kappa shape index (κ2) is 9.22. The van der Waals surface area contributed by atoms with E-state index >= 15 is 0 Å². The number of nitrogens with one attached hydrogen (secondary N) is 1. The molecule has 1 fully saturated rings. The Balaban J connectivity index is 1.22. The number of rotatable bonds is 9. The molecule has 6 heteroatoms. The molecule has 32 heavy (non-hydrogen) atoms. The predicted molar refractivity (Wildman–Crippen MR) is 124 cm³/mol. The Kier molecular flexibility index (Phi) is 5.83. The SMILES string of the molecule is O=C(CCc1nc2ccccc2n1-c1ccccc1)NCc1ccnc(OCC2CC2)c1. The van der Waals surface area contributed by atoms with Gasteiger partial charge in [-0.2, -0.15) is 0 Å². The number of amides is 1. The van der Waals surface area contributed by atoms with Gasteiger partial charge in [0.2, 0.25) is 11.8 Å². The first-order valence-corrected chi connectivity index (χ1v) is 11.1. The number of carbonyl (C=O) groups is 1. The first-order valence-electron chi connectivity index (χ1n) is 11.1. The van der Waals surface area contributed by atoms with Crippen LogP contribution >= 0.6 is 0 Å². The summed E-state index contributed by atoms with van der Waals surface area (Å²) in [5.74, 6) is 2.18. The number of aryl methyl sites for hydroxylation is 1. The minimum Gasteiger partial charge on any atom is -0.477 e. The number of hydrogen-bond donors (Lipinski definition) is 1. The van der Waals surface area contributed by atoms with Crippen LogP contribution in [0.25, 0.3) is 16.7 Å². The Labute approximate surface area is 187 Å². The van der Waals surface area contributed by atoms with E-state index in [-0.39, 0.29) is 5.91 Å². The lowest BCUT2D eigenvalue weighted by molar-refractivity contribution is -0.121. The summed E-state index contributed by atoms with van der Waals surface area (Å²) in [6.07, 6.45) is 5.14. The number of imidazole rings is 1. The number of benzene rings is 2. The van der Waals surface area contributed by atoms with E-state index in [1.54, 1.807) is 6.20 Å². The van der Waals surface area contributed by atoms with Gasteiger partial charge in [0.15, 0.2) is 0 Å². The van der Waals surface area contributed by atoms with Crippen LogP contribution in [0.5, 0.6) is 5.88 Å². The molecule has 2 aromatic heterocycles. The average molecular weight is 427 g/mol. The van der Waals surface area contributed by atoms with Gasteiger partial charge in [-0.3, -0.25) is 9.36 Å². The van der Waals surface area contributed by atoms with Crippen molar-refractivity contribution < 1.29 is 9.53 Å². The Morgan fingerprint density at radius 2 is 1.88 bits per heavy atom. The molecule has 4 aromatic rings. The van der Waals surface area contributed by atoms with Crippen LogP contribution < -0.4 is 10.1 Å². The zero-order valence-electron chi connectivity index (χ0n) is 17.9. The number of ether oxygens (including phenoxy) is 1. The van der Waals surface area contributed by atoms with Crippen molar-refractivity contribution in [2.75, 3.05) is 6.61 Å². The highest BCUT2D eigenvalue weighted by Crippen LogP contribution is 2.29. The highest BCUT2D eigenvalue weighted by molar-refractivity contribution is 5.79. The minimum atomic E-state index is -0.00562. The number of para-hydroxylation sites is 3. The summed E-state index contributed by atoms with van der Waals surface area (Å²) in [6.45, 7) is 1.18. The van der Waals surface area contributed by atoms with Crippen LogP contribution in [0, 0.1) is 5.92 Å². The number of pyridine rings is 1. The maximum Gasteiger partial charge on any atom is 0.220 e. The van der Waals surface area contributed by atoms with Crippen LogP contribution in [-0.4, -0.2) is 27.0 Å². The lowest BCUT2D eigenvalue weighted by Crippen LogP contribution is -2.23. The molecule has 0 spiro atoms. The smallest absolute Gasteiger partial charge is 0.220 e. The molecule has 0 atom stereocenters. The third-order valence-electron chi connectivity index (χ3n) is 5.67. The summed E-state index contributed by atoms with van der Waals surface area (Å²) in [7, 11) is 0. The number of hydrogen-bond acceptors (Lipinski definition) is 4. The van der Waals surface area contributed by atoms with E-state index < -0.39 is 0 Å². The van der Waals surface area contributed by atoms with Crippen molar-refractivity contribution in [1.82, 2.24) is 19.9 Å². The number of aromatic nitrogens is 3. The molecule has 1 N–H and O–H groups in total. The Hall–Kier alpha value is -3.67. The highest BCUT2D eigenvalue weighted by Gasteiger charge is 2.22. The molecular formula is C26H26N4O2. The molecule has 1 amide bonds. The van der Waals surface area contributed by atoms with Crippen molar-refractivity contribution in [1.29, 1.82) is 0 Å². The second-order valence-corrected chi connectivity index (χ2v) is 8.22. The lowest BCUT2D eigenvalue weighted by Gasteiger charge is -2.10. The zero-order chi connectivity index (χ0) is 21.8. The van der Waals surface area contributed by atoms with Crippen LogP contribution in [-0.2, 0) is 17.8 Å². The van der Waals surface area contributed by atoms with E-state index in [9.17, 15) is 4.79 Å². The lowest BCUT2D eigenvalue weighted by atomic mass is 10.2. The fraction of sp³-hybridized carbons (Fsp3) is 0.269. The van der Waals surface area contributed by atoms with E-state index in [0.717, 1.165) is 34.7 Å². The van der Waals surface area contributed by atoms with E-state index in [0.29, 0.717) is 31.2 Å². The summed E-state index contributed by atoms with van der Waals surface area (Å²) in [4.78, 5) is 21.6. The third kappa shape index (κ3) is 4.80. The van der Waals surface area contributed by atoms with E-state index in [1.165, 1.54) is 12.8 Å². The van der Waals surface area contributed by atoms with Gasteiger partial charge >= 0.3 is 0 Å². The Morgan fingerprint density at radius 1 is 1.06 bits per heavy atom. The van der Waals surface area contributed by atoms with Crippen LogP contribution in [0.2, 0.25) is 0 Å². The molecule has 0 saturated heterocycles. The van der Waals surface area contributed by atoms with Gasteiger partial charge in [-0.15, -0.1) is 0 Å².